The Bertz CT molecular complexity index is 638. The van der Waals surface area contributed by atoms with Gasteiger partial charge in [0.05, 0.1) is 0 Å². The molecule has 0 spiro atoms. The Labute approximate surface area is 116 Å². The Morgan fingerprint density at radius 1 is 1.05 bits per heavy atom. The topological polar surface area (TPSA) is 72.3 Å². The van der Waals surface area contributed by atoms with Crippen LogP contribution < -0.4 is 4.74 Å². The molecule has 1 heterocycles. The molecule has 0 bridgehead atoms. The maximum absolute atomic E-state index is 10.7. The first-order valence-corrected chi connectivity index (χ1v) is 6.59. The molecule has 0 saturated carbocycles. The lowest BCUT2D eigenvalue weighted by Crippen LogP contribution is -2.03. The zero-order valence-electron chi connectivity index (χ0n) is 10.9. The summed E-state index contributed by atoms with van der Waals surface area (Å²) in [7, 11) is 0. The largest absolute Gasteiger partial charge is 0.476 e. The normalized spacial score (nSPS) is 13.6. The number of benzene rings is 1. The number of fused-ring (bicyclic) bond motifs is 1. The molecule has 0 radical (unpaired) electrons. The van der Waals surface area contributed by atoms with E-state index in [0.717, 1.165) is 12.8 Å². The number of ether oxygens (including phenoxy) is 1. The lowest BCUT2D eigenvalue weighted by Gasteiger charge is -2.16. The van der Waals surface area contributed by atoms with Crippen LogP contribution in [0.1, 0.15) is 34.5 Å². The van der Waals surface area contributed by atoms with Crippen molar-refractivity contribution in [3.8, 4) is 11.6 Å². The molecule has 0 saturated heterocycles. The second-order valence-electron chi connectivity index (χ2n) is 4.80. The Kier molecular flexibility index (Phi) is 3.33. The van der Waals surface area contributed by atoms with Crippen molar-refractivity contribution in [2.24, 2.45) is 0 Å². The summed E-state index contributed by atoms with van der Waals surface area (Å²) in [6, 6.07) is 8.92. The molecule has 1 aliphatic rings. The molecular formula is C15H14N2O3. The van der Waals surface area contributed by atoms with E-state index in [1.807, 2.05) is 12.1 Å². The molecule has 102 valence electrons. The number of carboxylic acid groups (broad SMARTS) is 1. The fraction of sp³-hybridized carbons (Fsp3) is 0.267. The minimum atomic E-state index is -1.10. The zero-order chi connectivity index (χ0) is 13.9. The second kappa shape index (κ2) is 5.28. The van der Waals surface area contributed by atoms with E-state index < -0.39 is 5.97 Å². The van der Waals surface area contributed by atoms with Crippen LogP contribution in [0.15, 0.2) is 30.3 Å². The minimum absolute atomic E-state index is 0.0946. The number of carbonyl (C=O) groups is 1. The van der Waals surface area contributed by atoms with Crippen molar-refractivity contribution in [3.63, 3.8) is 0 Å². The summed E-state index contributed by atoms with van der Waals surface area (Å²) in [4.78, 5) is 10.7. The van der Waals surface area contributed by atoms with E-state index in [9.17, 15) is 4.79 Å². The maximum atomic E-state index is 10.7. The van der Waals surface area contributed by atoms with Crippen LogP contribution in [0.4, 0.5) is 0 Å². The van der Waals surface area contributed by atoms with Crippen molar-refractivity contribution in [2.75, 3.05) is 0 Å². The fourth-order valence-corrected chi connectivity index (χ4v) is 2.38. The third-order valence-electron chi connectivity index (χ3n) is 3.40. The van der Waals surface area contributed by atoms with Crippen LogP contribution in [0, 0.1) is 0 Å². The smallest absolute Gasteiger partial charge is 0.356 e. The molecule has 1 N–H and O–H groups in total. The number of carboxylic acids is 1. The maximum Gasteiger partial charge on any atom is 0.356 e. The van der Waals surface area contributed by atoms with E-state index in [-0.39, 0.29) is 5.69 Å². The lowest BCUT2D eigenvalue weighted by molar-refractivity contribution is 0.0689. The van der Waals surface area contributed by atoms with Crippen molar-refractivity contribution < 1.29 is 14.6 Å². The Morgan fingerprint density at radius 3 is 2.55 bits per heavy atom. The van der Waals surface area contributed by atoms with Crippen LogP contribution in [0.3, 0.4) is 0 Å². The Hall–Kier alpha value is -2.43. The van der Waals surface area contributed by atoms with Gasteiger partial charge in [-0.3, -0.25) is 0 Å². The van der Waals surface area contributed by atoms with Gasteiger partial charge in [0.15, 0.2) is 5.69 Å². The summed E-state index contributed by atoms with van der Waals surface area (Å²) in [6.45, 7) is 0. The van der Waals surface area contributed by atoms with Gasteiger partial charge in [0, 0.05) is 6.07 Å². The highest BCUT2D eigenvalue weighted by molar-refractivity contribution is 5.84. The molecule has 1 aromatic carbocycles. The predicted octanol–water partition coefficient (Wildman–Crippen LogP) is 2.85. The van der Waals surface area contributed by atoms with E-state index in [1.165, 1.54) is 36.1 Å². The monoisotopic (exact) mass is 270 g/mol. The number of hydrogen-bond acceptors (Lipinski definition) is 4. The second-order valence-corrected chi connectivity index (χ2v) is 4.80. The first kappa shape index (κ1) is 12.6. The predicted molar refractivity (Wildman–Crippen MR) is 72.1 cm³/mol. The van der Waals surface area contributed by atoms with Crippen LogP contribution >= 0.6 is 0 Å². The van der Waals surface area contributed by atoms with Gasteiger partial charge in [-0.05, 0) is 55.0 Å². The Balaban J connectivity index is 1.78. The zero-order valence-corrected chi connectivity index (χ0v) is 10.9. The average Bonchev–Trinajstić information content (AvgIpc) is 2.48. The van der Waals surface area contributed by atoms with Crippen LogP contribution in [-0.4, -0.2) is 21.3 Å². The van der Waals surface area contributed by atoms with Gasteiger partial charge >= 0.3 is 5.97 Å². The van der Waals surface area contributed by atoms with E-state index in [2.05, 4.69) is 16.3 Å². The lowest BCUT2D eigenvalue weighted by atomic mass is 9.92. The summed E-state index contributed by atoms with van der Waals surface area (Å²) < 4.78 is 5.61. The highest BCUT2D eigenvalue weighted by Gasteiger charge is 2.11. The quantitative estimate of drug-likeness (QED) is 0.928. The molecule has 0 unspecified atom stereocenters. The number of aryl methyl sites for hydroxylation is 2. The summed E-state index contributed by atoms with van der Waals surface area (Å²) in [6.07, 6.45) is 4.66. The van der Waals surface area contributed by atoms with E-state index in [0.29, 0.717) is 11.6 Å². The van der Waals surface area contributed by atoms with E-state index in [1.54, 1.807) is 0 Å². The Morgan fingerprint density at radius 2 is 1.85 bits per heavy atom. The SMILES string of the molecule is O=C(O)c1ccc(Oc2ccc3c(c2)CCCC3)nn1. The third-order valence-corrected chi connectivity index (χ3v) is 3.40. The summed E-state index contributed by atoms with van der Waals surface area (Å²) >= 11 is 0. The number of aromatic nitrogens is 2. The molecule has 5 nitrogen and oxygen atoms in total. The third kappa shape index (κ3) is 2.61. The molecular weight excluding hydrogens is 256 g/mol. The molecule has 20 heavy (non-hydrogen) atoms. The highest BCUT2D eigenvalue weighted by Crippen LogP contribution is 2.27. The standard InChI is InChI=1S/C15H14N2O3/c18-15(19)13-7-8-14(17-16-13)20-12-6-5-10-3-1-2-4-11(10)9-12/h5-9H,1-4H2,(H,18,19). The van der Waals surface area contributed by atoms with Gasteiger partial charge in [-0.25, -0.2) is 4.79 Å². The van der Waals surface area contributed by atoms with Gasteiger partial charge in [-0.15, -0.1) is 10.2 Å². The van der Waals surface area contributed by atoms with Gasteiger partial charge in [0.2, 0.25) is 5.88 Å². The van der Waals surface area contributed by atoms with Crippen LogP contribution in [0.2, 0.25) is 0 Å². The molecule has 0 atom stereocenters. The van der Waals surface area contributed by atoms with Crippen molar-refractivity contribution in [3.05, 3.63) is 47.2 Å². The molecule has 0 amide bonds. The fourth-order valence-electron chi connectivity index (χ4n) is 2.38. The minimum Gasteiger partial charge on any atom is -0.476 e. The van der Waals surface area contributed by atoms with Gasteiger partial charge in [0.1, 0.15) is 5.75 Å². The highest BCUT2D eigenvalue weighted by atomic mass is 16.5. The summed E-state index contributed by atoms with van der Waals surface area (Å²) in [5.41, 5.74) is 2.61. The molecule has 3 rings (SSSR count). The first-order valence-electron chi connectivity index (χ1n) is 6.59. The van der Waals surface area contributed by atoms with Crippen LogP contribution in [0.5, 0.6) is 11.6 Å². The van der Waals surface area contributed by atoms with Crippen molar-refractivity contribution in [1.29, 1.82) is 0 Å². The number of nitrogens with zero attached hydrogens (tertiary/aromatic N) is 2. The number of rotatable bonds is 3. The van der Waals surface area contributed by atoms with E-state index >= 15 is 0 Å². The molecule has 1 aliphatic carbocycles. The molecule has 0 aliphatic heterocycles. The van der Waals surface area contributed by atoms with Gasteiger partial charge in [-0.1, -0.05) is 6.07 Å². The van der Waals surface area contributed by atoms with E-state index in [4.69, 9.17) is 9.84 Å². The van der Waals surface area contributed by atoms with Crippen LogP contribution in [0.25, 0.3) is 0 Å². The summed E-state index contributed by atoms with van der Waals surface area (Å²) in [5.74, 6) is -0.0911. The van der Waals surface area contributed by atoms with Gasteiger partial charge in [0.25, 0.3) is 0 Å². The molecule has 0 fully saturated rings. The molecule has 1 aromatic heterocycles. The van der Waals surface area contributed by atoms with Gasteiger partial charge < -0.3 is 9.84 Å². The number of hydrogen-bond donors (Lipinski definition) is 1. The van der Waals surface area contributed by atoms with Gasteiger partial charge in [-0.2, -0.15) is 0 Å². The van der Waals surface area contributed by atoms with Crippen LogP contribution in [-0.2, 0) is 12.8 Å². The number of aromatic carboxylic acids is 1. The molecule has 2 aromatic rings. The van der Waals surface area contributed by atoms with Crippen molar-refractivity contribution in [2.45, 2.75) is 25.7 Å². The molecule has 5 heteroatoms. The first-order chi connectivity index (χ1) is 9.72. The summed E-state index contributed by atoms with van der Waals surface area (Å²) in [5, 5.41) is 16.1. The van der Waals surface area contributed by atoms with Crippen molar-refractivity contribution in [1.82, 2.24) is 10.2 Å². The average molecular weight is 270 g/mol. The van der Waals surface area contributed by atoms with Crippen molar-refractivity contribution >= 4 is 5.97 Å².